The Bertz CT molecular complexity index is 844. The molecule has 0 aliphatic carbocycles. The van der Waals surface area contributed by atoms with E-state index in [1.54, 1.807) is 6.08 Å². The van der Waals surface area contributed by atoms with E-state index in [2.05, 4.69) is 15.0 Å². The maximum absolute atomic E-state index is 5.96. The Morgan fingerprint density at radius 1 is 0.708 bits per heavy atom. The molecule has 0 fully saturated rings. The second kappa shape index (κ2) is 7.31. The fourth-order valence-corrected chi connectivity index (χ4v) is 2.30. The molecule has 3 rings (SSSR count). The zero-order valence-electron chi connectivity index (χ0n) is 12.4. The van der Waals surface area contributed by atoms with Crippen LogP contribution in [0.25, 0.3) is 23.5 Å². The van der Waals surface area contributed by atoms with Gasteiger partial charge in [0, 0.05) is 5.56 Å². The standard InChI is InChI=1S/C18H12Cl3N3/c19-18(20,21)17-23-15(12-11-13-7-3-1-4-8-13)22-16(24-17)14-9-5-2-6-10-14/h1-12H. The monoisotopic (exact) mass is 375 g/mol. The van der Waals surface area contributed by atoms with E-state index in [0.29, 0.717) is 11.6 Å². The third-order valence-electron chi connectivity index (χ3n) is 3.16. The van der Waals surface area contributed by atoms with Crippen molar-refractivity contribution in [3.05, 3.63) is 77.9 Å². The van der Waals surface area contributed by atoms with Crippen molar-refractivity contribution in [3.63, 3.8) is 0 Å². The summed E-state index contributed by atoms with van der Waals surface area (Å²) in [7, 11) is 0. The molecule has 0 bridgehead atoms. The molecule has 120 valence electrons. The maximum atomic E-state index is 5.96. The quantitative estimate of drug-likeness (QED) is 0.564. The summed E-state index contributed by atoms with van der Waals surface area (Å²) in [6.45, 7) is 0. The first-order valence-electron chi connectivity index (χ1n) is 7.14. The Morgan fingerprint density at radius 2 is 1.33 bits per heavy atom. The molecule has 0 saturated carbocycles. The predicted molar refractivity (Wildman–Crippen MR) is 99.9 cm³/mol. The van der Waals surface area contributed by atoms with Gasteiger partial charge in [-0.3, -0.25) is 0 Å². The van der Waals surface area contributed by atoms with Crippen molar-refractivity contribution >= 4 is 47.0 Å². The van der Waals surface area contributed by atoms with Crippen LogP contribution in [0.3, 0.4) is 0 Å². The molecular weight excluding hydrogens is 365 g/mol. The summed E-state index contributed by atoms with van der Waals surface area (Å²) < 4.78 is -1.72. The fraction of sp³-hybridized carbons (Fsp3) is 0.0556. The van der Waals surface area contributed by atoms with Gasteiger partial charge in [0.15, 0.2) is 17.5 Å². The molecule has 0 N–H and O–H groups in total. The largest absolute Gasteiger partial charge is 0.250 e. The number of nitrogens with zero attached hydrogens (tertiary/aromatic N) is 3. The van der Waals surface area contributed by atoms with Gasteiger partial charge >= 0.3 is 0 Å². The normalized spacial score (nSPS) is 11.8. The molecule has 24 heavy (non-hydrogen) atoms. The third-order valence-corrected chi connectivity index (χ3v) is 3.67. The Kier molecular flexibility index (Phi) is 5.14. The minimum atomic E-state index is -1.72. The Labute approximate surface area is 155 Å². The average Bonchev–Trinajstić information content (AvgIpc) is 2.61. The Morgan fingerprint density at radius 3 is 1.96 bits per heavy atom. The minimum absolute atomic E-state index is 0.0917. The Hall–Kier alpha value is -1.94. The summed E-state index contributed by atoms with van der Waals surface area (Å²) in [5.74, 6) is 0.975. The molecule has 0 aliphatic heterocycles. The Balaban J connectivity index is 2.04. The van der Waals surface area contributed by atoms with Crippen LogP contribution in [0.5, 0.6) is 0 Å². The van der Waals surface area contributed by atoms with E-state index in [9.17, 15) is 0 Å². The van der Waals surface area contributed by atoms with E-state index in [1.165, 1.54) is 0 Å². The van der Waals surface area contributed by atoms with Crippen LogP contribution < -0.4 is 0 Å². The molecule has 3 aromatic rings. The summed E-state index contributed by atoms with van der Waals surface area (Å²) in [4.78, 5) is 13.0. The number of rotatable bonds is 3. The fourth-order valence-electron chi connectivity index (χ4n) is 2.04. The van der Waals surface area contributed by atoms with Crippen LogP contribution in [-0.4, -0.2) is 15.0 Å². The second-order valence-electron chi connectivity index (χ2n) is 4.95. The number of benzene rings is 2. The number of aromatic nitrogens is 3. The second-order valence-corrected chi connectivity index (χ2v) is 7.23. The van der Waals surface area contributed by atoms with Gasteiger partial charge in [0.1, 0.15) is 0 Å². The first-order chi connectivity index (χ1) is 11.5. The number of halogens is 3. The van der Waals surface area contributed by atoms with E-state index in [0.717, 1.165) is 11.1 Å². The number of alkyl halides is 3. The summed E-state index contributed by atoms with van der Waals surface area (Å²) in [5.41, 5.74) is 1.85. The van der Waals surface area contributed by atoms with E-state index in [1.807, 2.05) is 66.7 Å². The summed E-state index contributed by atoms with van der Waals surface area (Å²) in [6.07, 6.45) is 3.66. The lowest BCUT2D eigenvalue weighted by Crippen LogP contribution is -2.11. The number of hydrogen-bond donors (Lipinski definition) is 0. The SMILES string of the molecule is ClC(Cl)(Cl)c1nc(C=Cc2ccccc2)nc(-c2ccccc2)n1. The summed E-state index contributed by atoms with van der Waals surface area (Å²) in [6, 6.07) is 19.3. The van der Waals surface area contributed by atoms with Crippen molar-refractivity contribution in [1.29, 1.82) is 0 Å². The van der Waals surface area contributed by atoms with Crippen molar-refractivity contribution in [3.8, 4) is 11.4 Å². The van der Waals surface area contributed by atoms with E-state index >= 15 is 0 Å². The van der Waals surface area contributed by atoms with Crippen molar-refractivity contribution in [2.75, 3.05) is 0 Å². The zero-order valence-corrected chi connectivity index (χ0v) is 14.7. The summed E-state index contributed by atoms with van der Waals surface area (Å²) >= 11 is 17.9. The molecule has 0 radical (unpaired) electrons. The molecule has 0 spiro atoms. The van der Waals surface area contributed by atoms with Crippen molar-refractivity contribution in [1.82, 2.24) is 15.0 Å². The van der Waals surface area contributed by atoms with Gasteiger partial charge in [0.05, 0.1) is 0 Å². The van der Waals surface area contributed by atoms with E-state index in [-0.39, 0.29) is 5.82 Å². The van der Waals surface area contributed by atoms with E-state index < -0.39 is 3.79 Å². The number of hydrogen-bond acceptors (Lipinski definition) is 3. The van der Waals surface area contributed by atoms with Crippen LogP contribution in [0, 0.1) is 0 Å². The molecule has 6 heteroatoms. The van der Waals surface area contributed by atoms with Crippen molar-refractivity contribution in [2.24, 2.45) is 0 Å². The van der Waals surface area contributed by atoms with Crippen LogP contribution in [0.4, 0.5) is 0 Å². The molecule has 1 aromatic heterocycles. The highest BCUT2D eigenvalue weighted by Gasteiger charge is 2.28. The summed E-state index contributed by atoms with van der Waals surface area (Å²) in [5, 5.41) is 0. The lowest BCUT2D eigenvalue weighted by molar-refractivity contribution is 0.914. The van der Waals surface area contributed by atoms with Gasteiger partial charge in [-0.1, -0.05) is 102 Å². The highest BCUT2D eigenvalue weighted by Crippen LogP contribution is 2.36. The molecule has 0 aliphatic rings. The molecule has 2 aromatic carbocycles. The molecule has 0 unspecified atom stereocenters. The van der Waals surface area contributed by atoms with Crippen LogP contribution in [0.1, 0.15) is 17.2 Å². The van der Waals surface area contributed by atoms with Gasteiger partial charge in [-0.05, 0) is 11.6 Å². The molecule has 0 atom stereocenters. The van der Waals surface area contributed by atoms with Crippen LogP contribution >= 0.6 is 34.8 Å². The molecule has 1 heterocycles. The van der Waals surface area contributed by atoms with Gasteiger partial charge in [-0.2, -0.15) is 0 Å². The maximum Gasteiger partial charge on any atom is 0.250 e. The minimum Gasteiger partial charge on any atom is -0.209 e. The molecule has 3 nitrogen and oxygen atoms in total. The topological polar surface area (TPSA) is 38.7 Å². The molecule has 0 saturated heterocycles. The molecular formula is C18H12Cl3N3. The van der Waals surface area contributed by atoms with Gasteiger partial charge in [0.25, 0.3) is 0 Å². The first-order valence-corrected chi connectivity index (χ1v) is 8.27. The highest BCUT2D eigenvalue weighted by molar-refractivity contribution is 6.66. The van der Waals surface area contributed by atoms with E-state index in [4.69, 9.17) is 34.8 Å². The average molecular weight is 377 g/mol. The van der Waals surface area contributed by atoms with Crippen molar-refractivity contribution < 1.29 is 0 Å². The van der Waals surface area contributed by atoms with Gasteiger partial charge < -0.3 is 0 Å². The smallest absolute Gasteiger partial charge is 0.209 e. The zero-order chi connectivity index (χ0) is 17.0. The van der Waals surface area contributed by atoms with Gasteiger partial charge in [-0.15, -0.1) is 0 Å². The highest BCUT2D eigenvalue weighted by atomic mass is 35.6. The lowest BCUT2D eigenvalue weighted by atomic mass is 10.2. The van der Waals surface area contributed by atoms with Crippen LogP contribution in [0.2, 0.25) is 0 Å². The predicted octanol–water partition coefficient (Wildman–Crippen LogP) is 5.54. The van der Waals surface area contributed by atoms with Gasteiger partial charge in [-0.25, -0.2) is 15.0 Å². The molecule has 0 amide bonds. The van der Waals surface area contributed by atoms with Crippen LogP contribution in [0.15, 0.2) is 60.7 Å². The van der Waals surface area contributed by atoms with Crippen molar-refractivity contribution in [2.45, 2.75) is 3.79 Å². The lowest BCUT2D eigenvalue weighted by Gasteiger charge is -2.11. The first kappa shape index (κ1) is 16.9. The van der Waals surface area contributed by atoms with Gasteiger partial charge in [0.2, 0.25) is 3.79 Å². The van der Waals surface area contributed by atoms with Crippen LogP contribution in [-0.2, 0) is 3.79 Å². The third kappa shape index (κ3) is 4.32.